The summed E-state index contributed by atoms with van der Waals surface area (Å²) in [5, 5.41) is 3.46. The van der Waals surface area contributed by atoms with Gasteiger partial charge in [-0.3, -0.25) is 0 Å². The molecule has 1 aliphatic heterocycles. The van der Waals surface area contributed by atoms with Crippen molar-refractivity contribution in [2.75, 3.05) is 33.3 Å². The van der Waals surface area contributed by atoms with Crippen LogP contribution >= 0.6 is 0 Å². The zero-order chi connectivity index (χ0) is 14.4. The van der Waals surface area contributed by atoms with Crippen LogP contribution < -0.4 is 10.1 Å². The summed E-state index contributed by atoms with van der Waals surface area (Å²) in [6.45, 7) is 6.51. The van der Waals surface area contributed by atoms with E-state index in [0.717, 1.165) is 18.7 Å². The first-order chi connectivity index (χ1) is 9.70. The molecule has 112 valence electrons. The van der Waals surface area contributed by atoms with Gasteiger partial charge in [0.25, 0.3) is 0 Å². The third-order valence-electron chi connectivity index (χ3n) is 4.00. The monoisotopic (exact) mass is 280 g/mol. The summed E-state index contributed by atoms with van der Waals surface area (Å²) in [7, 11) is 1.48. The lowest BCUT2D eigenvalue weighted by Crippen LogP contribution is -2.36. The van der Waals surface area contributed by atoms with Gasteiger partial charge in [0.2, 0.25) is 0 Å². The van der Waals surface area contributed by atoms with Crippen molar-refractivity contribution in [1.29, 1.82) is 0 Å². The molecule has 1 aromatic carbocycles. The molecule has 0 spiro atoms. The molecule has 3 nitrogen and oxygen atoms in total. The second-order valence-electron chi connectivity index (χ2n) is 5.47. The molecule has 1 N–H and O–H groups in total. The van der Waals surface area contributed by atoms with E-state index < -0.39 is 0 Å². The third-order valence-corrected chi connectivity index (χ3v) is 4.00. The summed E-state index contributed by atoms with van der Waals surface area (Å²) < 4.78 is 18.6. The molecule has 0 saturated carbocycles. The van der Waals surface area contributed by atoms with Gasteiger partial charge >= 0.3 is 0 Å². The fraction of sp³-hybridized carbons (Fsp3) is 0.625. The number of ether oxygens (including phenoxy) is 1. The molecule has 0 aromatic heterocycles. The minimum atomic E-state index is -0.297. The van der Waals surface area contributed by atoms with Gasteiger partial charge in [-0.1, -0.05) is 12.5 Å². The van der Waals surface area contributed by atoms with E-state index in [-0.39, 0.29) is 11.9 Å². The van der Waals surface area contributed by atoms with Gasteiger partial charge in [-0.05, 0) is 50.6 Å². The van der Waals surface area contributed by atoms with Crippen LogP contribution in [0, 0.1) is 5.82 Å². The Balaban J connectivity index is 1.79. The van der Waals surface area contributed by atoms with E-state index in [1.165, 1.54) is 39.5 Å². The summed E-state index contributed by atoms with van der Waals surface area (Å²) in [5.41, 5.74) is 0.960. The molecule has 1 fully saturated rings. The van der Waals surface area contributed by atoms with Gasteiger partial charge in [0.05, 0.1) is 7.11 Å². The van der Waals surface area contributed by atoms with Crippen molar-refractivity contribution in [3.8, 4) is 5.75 Å². The highest BCUT2D eigenvalue weighted by Crippen LogP contribution is 2.21. The van der Waals surface area contributed by atoms with E-state index in [4.69, 9.17) is 4.74 Å². The van der Waals surface area contributed by atoms with Gasteiger partial charge in [-0.25, -0.2) is 4.39 Å². The summed E-state index contributed by atoms with van der Waals surface area (Å²) in [6, 6.07) is 5.31. The highest BCUT2D eigenvalue weighted by atomic mass is 19.1. The van der Waals surface area contributed by atoms with Crippen molar-refractivity contribution < 1.29 is 9.13 Å². The molecule has 1 aliphatic rings. The highest BCUT2D eigenvalue weighted by molar-refractivity contribution is 5.30. The summed E-state index contributed by atoms with van der Waals surface area (Å²) >= 11 is 0. The standard InChI is InChI=1S/C16H25FN2O/c1-13(14-6-7-16(20-2)15(17)12-14)18-8-11-19-9-4-3-5-10-19/h6-7,12-13,18H,3-5,8-11H2,1-2H3. The van der Waals surface area contributed by atoms with Gasteiger partial charge in [0.15, 0.2) is 11.6 Å². The molecule has 1 unspecified atom stereocenters. The lowest BCUT2D eigenvalue weighted by molar-refractivity contribution is 0.227. The molecule has 1 atom stereocenters. The number of likely N-dealkylation sites (tertiary alicyclic amines) is 1. The number of hydrogen-bond donors (Lipinski definition) is 1. The zero-order valence-electron chi connectivity index (χ0n) is 12.5. The maximum absolute atomic E-state index is 13.7. The van der Waals surface area contributed by atoms with E-state index in [1.807, 2.05) is 6.07 Å². The van der Waals surface area contributed by atoms with Gasteiger partial charge in [-0.15, -0.1) is 0 Å². The zero-order valence-corrected chi connectivity index (χ0v) is 12.5. The molecule has 0 bridgehead atoms. The van der Waals surface area contributed by atoms with Crippen LogP contribution in [0.5, 0.6) is 5.75 Å². The third kappa shape index (κ3) is 4.18. The SMILES string of the molecule is COc1ccc(C(C)NCCN2CCCCC2)cc1F. The second-order valence-corrected chi connectivity index (χ2v) is 5.47. The average Bonchev–Trinajstić information content (AvgIpc) is 2.48. The minimum absolute atomic E-state index is 0.153. The Kier molecular flexibility index (Phi) is 5.80. The molecule has 20 heavy (non-hydrogen) atoms. The molecular formula is C16H25FN2O. The van der Waals surface area contributed by atoms with Crippen LogP contribution in [-0.2, 0) is 0 Å². The Labute approximate surface area is 121 Å². The fourth-order valence-corrected chi connectivity index (χ4v) is 2.69. The predicted molar refractivity (Wildman–Crippen MR) is 79.7 cm³/mol. The Morgan fingerprint density at radius 1 is 1.30 bits per heavy atom. The molecule has 0 radical (unpaired) electrons. The number of halogens is 1. The predicted octanol–water partition coefficient (Wildman–Crippen LogP) is 2.97. The van der Waals surface area contributed by atoms with Gasteiger partial charge in [-0.2, -0.15) is 0 Å². The number of hydrogen-bond acceptors (Lipinski definition) is 3. The van der Waals surface area contributed by atoms with Crippen LogP contribution in [0.25, 0.3) is 0 Å². The van der Waals surface area contributed by atoms with Crippen molar-refractivity contribution in [2.24, 2.45) is 0 Å². The van der Waals surface area contributed by atoms with E-state index in [2.05, 4.69) is 17.1 Å². The van der Waals surface area contributed by atoms with Crippen molar-refractivity contribution in [2.45, 2.75) is 32.2 Å². The fourth-order valence-electron chi connectivity index (χ4n) is 2.69. The Bertz CT molecular complexity index is 419. The van der Waals surface area contributed by atoms with Crippen LogP contribution in [0.2, 0.25) is 0 Å². The number of rotatable bonds is 6. The number of methoxy groups -OCH3 is 1. The largest absolute Gasteiger partial charge is 0.494 e. The van der Waals surface area contributed by atoms with Gasteiger partial charge in [0.1, 0.15) is 0 Å². The number of benzene rings is 1. The highest BCUT2D eigenvalue weighted by Gasteiger charge is 2.12. The first kappa shape index (κ1) is 15.3. The number of nitrogens with one attached hydrogen (secondary N) is 1. The smallest absolute Gasteiger partial charge is 0.165 e. The minimum Gasteiger partial charge on any atom is -0.494 e. The van der Waals surface area contributed by atoms with E-state index in [1.54, 1.807) is 12.1 Å². The van der Waals surface area contributed by atoms with Crippen molar-refractivity contribution in [1.82, 2.24) is 10.2 Å². The first-order valence-corrected chi connectivity index (χ1v) is 7.50. The normalized spacial score (nSPS) is 17.9. The van der Waals surface area contributed by atoms with Crippen LogP contribution in [0.4, 0.5) is 4.39 Å². The van der Waals surface area contributed by atoms with Crippen molar-refractivity contribution in [3.63, 3.8) is 0 Å². The first-order valence-electron chi connectivity index (χ1n) is 7.50. The molecule has 0 aliphatic carbocycles. The van der Waals surface area contributed by atoms with E-state index >= 15 is 0 Å². The maximum Gasteiger partial charge on any atom is 0.165 e. The van der Waals surface area contributed by atoms with Crippen LogP contribution in [0.3, 0.4) is 0 Å². The molecule has 1 saturated heterocycles. The molecule has 2 rings (SSSR count). The Morgan fingerprint density at radius 3 is 2.70 bits per heavy atom. The number of nitrogens with zero attached hydrogens (tertiary/aromatic N) is 1. The maximum atomic E-state index is 13.7. The molecule has 1 aromatic rings. The topological polar surface area (TPSA) is 24.5 Å². The lowest BCUT2D eigenvalue weighted by atomic mass is 10.1. The summed E-state index contributed by atoms with van der Waals surface area (Å²) in [6.07, 6.45) is 4.00. The lowest BCUT2D eigenvalue weighted by Gasteiger charge is -2.27. The Morgan fingerprint density at radius 2 is 2.05 bits per heavy atom. The van der Waals surface area contributed by atoms with Gasteiger partial charge < -0.3 is 15.0 Å². The summed E-state index contributed by atoms with van der Waals surface area (Å²) in [4.78, 5) is 2.50. The second kappa shape index (κ2) is 7.60. The quantitative estimate of drug-likeness (QED) is 0.867. The van der Waals surface area contributed by atoms with E-state index in [9.17, 15) is 4.39 Å². The molecule has 0 amide bonds. The molecule has 4 heteroatoms. The van der Waals surface area contributed by atoms with Crippen LogP contribution in [0.1, 0.15) is 37.8 Å². The Hall–Kier alpha value is -1.13. The molecule has 1 heterocycles. The van der Waals surface area contributed by atoms with Gasteiger partial charge in [0, 0.05) is 19.1 Å². The van der Waals surface area contributed by atoms with Crippen LogP contribution in [-0.4, -0.2) is 38.2 Å². The number of piperidine rings is 1. The summed E-state index contributed by atoms with van der Waals surface area (Å²) in [5.74, 6) is 0.00365. The molecular weight excluding hydrogens is 255 g/mol. The average molecular weight is 280 g/mol. The van der Waals surface area contributed by atoms with Crippen molar-refractivity contribution in [3.05, 3.63) is 29.6 Å². The van der Waals surface area contributed by atoms with Crippen LogP contribution in [0.15, 0.2) is 18.2 Å². The van der Waals surface area contributed by atoms with E-state index in [0.29, 0.717) is 5.75 Å². The van der Waals surface area contributed by atoms with Crippen molar-refractivity contribution >= 4 is 0 Å².